The average Bonchev–Trinajstić information content (AvgIpc) is 3.05. The predicted molar refractivity (Wildman–Crippen MR) is 175 cm³/mol. The molecule has 6 rings (SSSR count). The van der Waals surface area contributed by atoms with Crippen LogP contribution in [0.4, 0.5) is 11.6 Å². The molecular formula is C36H37N5O3. The molecule has 8 heteroatoms. The van der Waals surface area contributed by atoms with Crippen molar-refractivity contribution in [3.8, 4) is 5.69 Å². The van der Waals surface area contributed by atoms with Crippen LogP contribution in [0.5, 0.6) is 0 Å². The van der Waals surface area contributed by atoms with Crippen molar-refractivity contribution in [1.82, 2.24) is 14.5 Å². The number of piperazine rings is 1. The lowest BCUT2D eigenvalue weighted by molar-refractivity contribution is -0.138. The number of hydrogen-bond donors (Lipinski definition) is 1. The van der Waals surface area contributed by atoms with Crippen molar-refractivity contribution in [1.29, 1.82) is 0 Å². The smallest absolute Gasteiger partial charge is 0.355 e. The summed E-state index contributed by atoms with van der Waals surface area (Å²) in [4.78, 5) is 36.7. The molecule has 0 bridgehead atoms. The molecule has 3 aromatic carbocycles. The minimum absolute atomic E-state index is 0.263. The quantitative estimate of drug-likeness (QED) is 0.274. The highest BCUT2D eigenvalue weighted by Gasteiger charge is 2.39. The summed E-state index contributed by atoms with van der Waals surface area (Å²) >= 11 is 0. The van der Waals surface area contributed by atoms with Gasteiger partial charge in [0.25, 0.3) is 0 Å². The van der Waals surface area contributed by atoms with Crippen molar-refractivity contribution in [2.24, 2.45) is 0 Å². The first kappa shape index (κ1) is 29.1. The van der Waals surface area contributed by atoms with Gasteiger partial charge in [0, 0.05) is 44.0 Å². The number of esters is 1. The maximum absolute atomic E-state index is 13.8. The molecule has 3 heterocycles. The second kappa shape index (κ2) is 13.1. The number of aromatic nitrogens is 2. The van der Waals surface area contributed by atoms with Gasteiger partial charge in [-0.2, -0.15) is 4.98 Å². The number of para-hydroxylation sites is 1. The second-order valence-electron chi connectivity index (χ2n) is 11.0. The van der Waals surface area contributed by atoms with Crippen LogP contribution in [-0.4, -0.2) is 59.8 Å². The van der Waals surface area contributed by atoms with Crippen molar-refractivity contribution < 1.29 is 9.53 Å². The van der Waals surface area contributed by atoms with Crippen molar-refractivity contribution >= 4 is 23.7 Å². The Morgan fingerprint density at radius 3 is 2.23 bits per heavy atom. The summed E-state index contributed by atoms with van der Waals surface area (Å²) in [6.07, 6.45) is 4.34. The SMILES string of the molecule is CCOC(=O)C1=C(C)Nc2c(c(N3CCN(CC=Cc4ccccc4)CC3)nc(=O)n2-c2ccccc2)C1c1ccccc1. The molecule has 1 fully saturated rings. The molecule has 0 spiro atoms. The van der Waals surface area contributed by atoms with Crippen LogP contribution < -0.4 is 15.9 Å². The summed E-state index contributed by atoms with van der Waals surface area (Å²) in [6, 6.07) is 29.7. The van der Waals surface area contributed by atoms with E-state index in [1.807, 2.05) is 92.7 Å². The molecule has 2 aliphatic rings. The molecule has 0 saturated carbocycles. The number of carbonyl (C=O) groups excluding carboxylic acids is 1. The fourth-order valence-electron chi connectivity index (χ4n) is 6.08. The lowest BCUT2D eigenvalue weighted by Gasteiger charge is -2.39. The molecular weight excluding hydrogens is 550 g/mol. The van der Waals surface area contributed by atoms with Crippen molar-refractivity contribution in [3.63, 3.8) is 0 Å². The minimum Gasteiger partial charge on any atom is -0.463 e. The van der Waals surface area contributed by atoms with Crippen LogP contribution >= 0.6 is 0 Å². The standard InChI is InChI=1S/C36H37N5O3/c1-3-44-35(42)30-26(2)37-34-32(31(30)28-17-9-5-10-18-28)33(38-36(43)41(34)29-19-11-6-12-20-29)40-24-22-39(23-25-40)21-13-16-27-14-7-4-8-15-27/h4-20,31,37H,3,21-25H2,1-2H3. The van der Waals surface area contributed by atoms with E-state index in [0.717, 1.165) is 30.8 Å². The van der Waals surface area contributed by atoms with E-state index in [1.54, 1.807) is 4.57 Å². The fraction of sp³-hybridized carbons (Fsp3) is 0.250. The number of rotatable bonds is 8. The summed E-state index contributed by atoms with van der Waals surface area (Å²) in [5.74, 6) is 0.373. The molecule has 2 aliphatic heterocycles. The number of fused-ring (bicyclic) bond motifs is 1. The molecule has 0 amide bonds. The Kier molecular flexibility index (Phi) is 8.70. The van der Waals surface area contributed by atoms with E-state index in [1.165, 1.54) is 5.56 Å². The molecule has 0 aliphatic carbocycles. The van der Waals surface area contributed by atoms with Crippen molar-refractivity contribution in [2.45, 2.75) is 19.8 Å². The lowest BCUT2D eigenvalue weighted by Crippen LogP contribution is -2.48. The van der Waals surface area contributed by atoms with Gasteiger partial charge in [-0.15, -0.1) is 0 Å². The summed E-state index contributed by atoms with van der Waals surface area (Å²) in [5.41, 5.74) is 4.42. The van der Waals surface area contributed by atoms with Crippen LogP contribution in [0.15, 0.2) is 113 Å². The van der Waals surface area contributed by atoms with Crippen LogP contribution in [0.25, 0.3) is 11.8 Å². The molecule has 1 atom stereocenters. The summed E-state index contributed by atoms with van der Waals surface area (Å²) < 4.78 is 7.19. The fourth-order valence-corrected chi connectivity index (χ4v) is 6.08. The highest BCUT2D eigenvalue weighted by Crippen LogP contribution is 2.46. The number of ether oxygens (including phenoxy) is 1. The predicted octanol–water partition coefficient (Wildman–Crippen LogP) is 5.46. The molecule has 1 N–H and O–H groups in total. The van der Waals surface area contributed by atoms with E-state index in [2.05, 4.69) is 39.4 Å². The van der Waals surface area contributed by atoms with Gasteiger partial charge in [0.1, 0.15) is 11.6 Å². The number of allylic oxidation sites excluding steroid dienone is 1. The Morgan fingerprint density at radius 2 is 1.57 bits per heavy atom. The normalized spacial score (nSPS) is 17.0. The average molecular weight is 588 g/mol. The monoisotopic (exact) mass is 587 g/mol. The second-order valence-corrected chi connectivity index (χ2v) is 11.0. The summed E-state index contributed by atoms with van der Waals surface area (Å²) in [5, 5.41) is 3.44. The maximum atomic E-state index is 13.8. The molecule has 4 aromatic rings. The highest BCUT2D eigenvalue weighted by atomic mass is 16.5. The van der Waals surface area contributed by atoms with Gasteiger partial charge in [0.2, 0.25) is 0 Å². The van der Waals surface area contributed by atoms with Gasteiger partial charge in [0.15, 0.2) is 0 Å². The van der Waals surface area contributed by atoms with E-state index in [0.29, 0.717) is 41.7 Å². The van der Waals surface area contributed by atoms with Crippen LogP contribution in [0, 0.1) is 0 Å². The van der Waals surface area contributed by atoms with Gasteiger partial charge in [-0.1, -0.05) is 91.0 Å². The van der Waals surface area contributed by atoms with Gasteiger partial charge in [-0.05, 0) is 37.1 Å². The number of carbonyl (C=O) groups is 1. The first-order chi connectivity index (χ1) is 21.5. The first-order valence-electron chi connectivity index (χ1n) is 15.2. The Morgan fingerprint density at radius 1 is 0.932 bits per heavy atom. The topological polar surface area (TPSA) is 79.7 Å². The Bertz CT molecular complexity index is 1720. The molecule has 0 radical (unpaired) electrons. The molecule has 8 nitrogen and oxygen atoms in total. The molecule has 44 heavy (non-hydrogen) atoms. The maximum Gasteiger partial charge on any atom is 0.355 e. The van der Waals surface area contributed by atoms with Crippen LogP contribution in [-0.2, 0) is 9.53 Å². The third-order valence-corrected chi connectivity index (χ3v) is 8.19. The van der Waals surface area contributed by atoms with Crippen LogP contribution in [0.2, 0.25) is 0 Å². The molecule has 224 valence electrons. The molecule has 1 aromatic heterocycles. The number of anilines is 2. The minimum atomic E-state index is -0.476. The highest BCUT2D eigenvalue weighted by molar-refractivity contribution is 5.95. The van der Waals surface area contributed by atoms with Gasteiger partial charge >= 0.3 is 11.7 Å². The van der Waals surface area contributed by atoms with Gasteiger partial charge in [0.05, 0.1) is 23.8 Å². The van der Waals surface area contributed by atoms with Crippen molar-refractivity contribution in [3.05, 3.63) is 136 Å². The summed E-state index contributed by atoms with van der Waals surface area (Å²) in [7, 11) is 0. The Labute approximate surface area is 257 Å². The summed E-state index contributed by atoms with van der Waals surface area (Å²) in [6.45, 7) is 7.82. The molecule has 1 unspecified atom stereocenters. The van der Waals surface area contributed by atoms with Gasteiger partial charge in [-0.3, -0.25) is 4.90 Å². The zero-order chi connectivity index (χ0) is 30.5. The van der Waals surface area contributed by atoms with Gasteiger partial charge in [-0.25, -0.2) is 14.2 Å². The zero-order valence-corrected chi connectivity index (χ0v) is 25.1. The van der Waals surface area contributed by atoms with E-state index in [4.69, 9.17) is 9.72 Å². The first-order valence-corrected chi connectivity index (χ1v) is 15.2. The third kappa shape index (κ3) is 5.94. The van der Waals surface area contributed by atoms with Crippen molar-refractivity contribution in [2.75, 3.05) is 49.5 Å². The van der Waals surface area contributed by atoms with E-state index in [9.17, 15) is 9.59 Å². The largest absolute Gasteiger partial charge is 0.463 e. The number of hydrogen-bond acceptors (Lipinski definition) is 7. The van der Waals surface area contributed by atoms with Gasteiger partial charge < -0.3 is 15.0 Å². The van der Waals surface area contributed by atoms with E-state index in [-0.39, 0.29) is 18.3 Å². The Balaban J connectivity index is 1.41. The third-order valence-electron chi connectivity index (χ3n) is 8.19. The Hall–Kier alpha value is -4.95. The van der Waals surface area contributed by atoms with Crippen LogP contribution in [0.3, 0.4) is 0 Å². The lowest BCUT2D eigenvalue weighted by atomic mass is 9.81. The number of benzene rings is 3. The van der Waals surface area contributed by atoms with E-state index >= 15 is 0 Å². The number of nitrogens with zero attached hydrogens (tertiary/aromatic N) is 4. The van der Waals surface area contributed by atoms with Crippen LogP contribution in [0.1, 0.15) is 36.5 Å². The molecule has 1 saturated heterocycles. The van der Waals surface area contributed by atoms with E-state index < -0.39 is 5.92 Å². The number of nitrogens with one attached hydrogen (secondary N) is 1. The zero-order valence-electron chi connectivity index (χ0n) is 25.1.